The van der Waals surface area contributed by atoms with E-state index in [0.717, 1.165) is 0 Å². The van der Waals surface area contributed by atoms with Gasteiger partial charge in [-0.2, -0.15) is 0 Å². The van der Waals surface area contributed by atoms with E-state index in [1.807, 2.05) is 0 Å². The van der Waals surface area contributed by atoms with Crippen LogP contribution in [0, 0.1) is 6.92 Å². The fourth-order valence-corrected chi connectivity index (χ4v) is 6.79. The SMILES string of the molecule is Cc1cc2c3c(c1)N(c1ccc(C(C)(C)C)cc1)c1cc(C(C)(C)C)ccc1B3c1ccccc1N2c1ccccc1. The molecule has 0 N–H and O–H groups in total. The maximum atomic E-state index is 2.52. The van der Waals surface area contributed by atoms with Crippen molar-refractivity contribution in [2.45, 2.75) is 59.3 Å². The molecule has 5 aromatic carbocycles. The molecule has 2 aliphatic heterocycles. The highest BCUT2D eigenvalue weighted by Crippen LogP contribution is 2.45. The van der Waals surface area contributed by atoms with Gasteiger partial charge < -0.3 is 9.80 Å². The number of benzene rings is 5. The molecule has 3 heteroatoms. The van der Waals surface area contributed by atoms with Gasteiger partial charge >= 0.3 is 0 Å². The lowest BCUT2D eigenvalue weighted by molar-refractivity contribution is 0.590. The number of hydrogen-bond acceptors (Lipinski definition) is 2. The van der Waals surface area contributed by atoms with E-state index in [-0.39, 0.29) is 17.5 Å². The zero-order valence-corrected chi connectivity index (χ0v) is 25.9. The Balaban J connectivity index is 1.56. The number of hydrogen-bond donors (Lipinski definition) is 0. The smallest absolute Gasteiger partial charge is 0.252 e. The third kappa shape index (κ3) is 4.17. The van der Waals surface area contributed by atoms with Crippen LogP contribution in [0.15, 0.2) is 109 Å². The topological polar surface area (TPSA) is 6.48 Å². The van der Waals surface area contributed by atoms with E-state index < -0.39 is 0 Å². The first-order chi connectivity index (χ1) is 20.0. The summed E-state index contributed by atoms with van der Waals surface area (Å²) in [5.41, 5.74) is 15.7. The molecule has 7 rings (SSSR count). The van der Waals surface area contributed by atoms with E-state index in [9.17, 15) is 0 Å². The van der Waals surface area contributed by atoms with Crippen molar-refractivity contribution in [3.63, 3.8) is 0 Å². The monoisotopic (exact) mass is 546 g/mol. The van der Waals surface area contributed by atoms with Gasteiger partial charge in [0.25, 0.3) is 6.71 Å². The molecule has 0 spiro atoms. The highest BCUT2D eigenvalue weighted by Gasteiger charge is 2.43. The summed E-state index contributed by atoms with van der Waals surface area (Å²) in [7, 11) is 0. The van der Waals surface area contributed by atoms with Gasteiger partial charge in [-0.25, -0.2) is 0 Å². The molecule has 2 aliphatic rings. The van der Waals surface area contributed by atoms with Crippen LogP contribution in [0.25, 0.3) is 0 Å². The lowest BCUT2D eigenvalue weighted by atomic mass is 9.33. The number of anilines is 6. The lowest BCUT2D eigenvalue weighted by Gasteiger charge is -2.44. The van der Waals surface area contributed by atoms with E-state index in [1.54, 1.807) is 0 Å². The quantitative estimate of drug-likeness (QED) is 0.200. The highest BCUT2D eigenvalue weighted by atomic mass is 15.2. The van der Waals surface area contributed by atoms with Crippen molar-refractivity contribution < 1.29 is 0 Å². The Labute approximate surface area is 251 Å². The summed E-state index contributed by atoms with van der Waals surface area (Å²) in [5, 5.41) is 0. The predicted molar refractivity (Wildman–Crippen MR) is 183 cm³/mol. The standard InChI is InChI=1S/C39H39BN2/c1-26-23-35-37-36(24-26)42(30-20-17-27(18-21-30)38(2,3)4)34-25-28(39(5,6)7)19-22-32(34)40(37)31-15-11-12-16-33(31)41(35)29-13-9-8-10-14-29/h8-25H,1-7H3. The number of aryl methyl sites for hydroxylation is 1. The first-order valence-electron chi connectivity index (χ1n) is 15.2. The van der Waals surface area contributed by atoms with Gasteiger partial charge in [0.2, 0.25) is 0 Å². The van der Waals surface area contributed by atoms with Crippen LogP contribution in [0.3, 0.4) is 0 Å². The van der Waals surface area contributed by atoms with Gasteiger partial charge in [-0.05, 0) is 99.4 Å². The van der Waals surface area contributed by atoms with Crippen molar-refractivity contribution in [2.24, 2.45) is 0 Å². The fourth-order valence-electron chi connectivity index (χ4n) is 6.79. The molecule has 2 nitrogen and oxygen atoms in total. The third-order valence-electron chi connectivity index (χ3n) is 8.99. The van der Waals surface area contributed by atoms with Crippen LogP contribution in [0.5, 0.6) is 0 Å². The van der Waals surface area contributed by atoms with E-state index in [1.165, 1.54) is 67.2 Å². The molecule has 0 radical (unpaired) electrons. The van der Waals surface area contributed by atoms with Crippen molar-refractivity contribution in [3.05, 3.63) is 126 Å². The van der Waals surface area contributed by atoms with Crippen molar-refractivity contribution in [1.82, 2.24) is 0 Å². The number of nitrogens with zero attached hydrogens (tertiary/aromatic N) is 2. The highest BCUT2D eigenvalue weighted by molar-refractivity contribution is 7.00. The minimum absolute atomic E-state index is 0.0451. The Morgan fingerprint density at radius 1 is 0.476 bits per heavy atom. The van der Waals surface area contributed by atoms with Gasteiger partial charge in [-0.1, -0.05) is 102 Å². The van der Waals surface area contributed by atoms with Gasteiger partial charge in [0.05, 0.1) is 0 Å². The second-order valence-electron chi connectivity index (χ2n) is 14.0. The van der Waals surface area contributed by atoms with Gasteiger partial charge in [0.15, 0.2) is 0 Å². The number of fused-ring (bicyclic) bond motifs is 4. The second kappa shape index (κ2) is 9.39. The average molecular weight is 547 g/mol. The van der Waals surface area contributed by atoms with Crippen LogP contribution in [0.4, 0.5) is 34.1 Å². The van der Waals surface area contributed by atoms with E-state index in [0.29, 0.717) is 0 Å². The van der Waals surface area contributed by atoms with Crippen molar-refractivity contribution in [1.29, 1.82) is 0 Å². The van der Waals surface area contributed by atoms with E-state index in [4.69, 9.17) is 0 Å². The molecular weight excluding hydrogens is 507 g/mol. The normalized spacial score (nSPS) is 13.9. The summed E-state index contributed by atoms with van der Waals surface area (Å²) >= 11 is 0. The Kier molecular flexibility index (Phi) is 5.96. The minimum atomic E-state index is 0.0451. The molecule has 0 amide bonds. The zero-order valence-electron chi connectivity index (χ0n) is 25.9. The summed E-state index contributed by atoms with van der Waals surface area (Å²) in [6.45, 7) is 16.2. The summed E-state index contributed by atoms with van der Waals surface area (Å²) in [6, 6.07) is 41.0. The van der Waals surface area contributed by atoms with Gasteiger partial charge in [0, 0.05) is 34.1 Å². The van der Waals surface area contributed by atoms with Gasteiger partial charge in [-0.15, -0.1) is 0 Å². The Morgan fingerprint density at radius 3 is 1.64 bits per heavy atom. The molecule has 5 aromatic rings. The molecule has 42 heavy (non-hydrogen) atoms. The molecule has 0 bridgehead atoms. The Morgan fingerprint density at radius 2 is 1.00 bits per heavy atom. The maximum absolute atomic E-state index is 2.52. The van der Waals surface area contributed by atoms with Crippen LogP contribution in [0.2, 0.25) is 0 Å². The Hall–Kier alpha value is -4.24. The fraction of sp³-hybridized carbons (Fsp3) is 0.231. The molecule has 0 atom stereocenters. The number of para-hydroxylation sites is 2. The molecule has 0 saturated carbocycles. The molecule has 0 aliphatic carbocycles. The van der Waals surface area contributed by atoms with Crippen molar-refractivity contribution in [3.8, 4) is 0 Å². The molecule has 0 saturated heterocycles. The average Bonchev–Trinajstić information content (AvgIpc) is 2.96. The summed E-state index contributed by atoms with van der Waals surface area (Å²) < 4.78 is 0. The lowest BCUT2D eigenvalue weighted by Crippen LogP contribution is -2.61. The molecule has 0 unspecified atom stereocenters. The Bertz CT molecular complexity index is 1810. The van der Waals surface area contributed by atoms with Crippen LogP contribution >= 0.6 is 0 Å². The van der Waals surface area contributed by atoms with Crippen LogP contribution < -0.4 is 26.2 Å². The zero-order chi connectivity index (χ0) is 29.4. The molecule has 2 heterocycles. The maximum Gasteiger partial charge on any atom is 0.252 e. The largest absolute Gasteiger partial charge is 0.311 e. The van der Waals surface area contributed by atoms with Crippen LogP contribution in [-0.4, -0.2) is 6.71 Å². The first kappa shape index (κ1) is 26.7. The van der Waals surface area contributed by atoms with E-state index in [2.05, 4.69) is 167 Å². The number of rotatable bonds is 2. The third-order valence-corrected chi connectivity index (χ3v) is 8.99. The summed E-state index contributed by atoms with van der Waals surface area (Å²) in [6.07, 6.45) is 0. The minimum Gasteiger partial charge on any atom is -0.311 e. The van der Waals surface area contributed by atoms with Gasteiger partial charge in [-0.3, -0.25) is 0 Å². The van der Waals surface area contributed by atoms with Crippen LogP contribution in [-0.2, 0) is 10.8 Å². The van der Waals surface area contributed by atoms with E-state index >= 15 is 0 Å². The van der Waals surface area contributed by atoms with Crippen molar-refractivity contribution in [2.75, 3.05) is 9.80 Å². The van der Waals surface area contributed by atoms with Crippen molar-refractivity contribution >= 4 is 57.2 Å². The summed E-state index contributed by atoms with van der Waals surface area (Å²) in [5.74, 6) is 0. The summed E-state index contributed by atoms with van der Waals surface area (Å²) in [4.78, 5) is 4.99. The van der Waals surface area contributed by atoms with Gasteiger partial charge in [0.1, 0.15) is 0 Å². The molecule has 208 valence electrons. The first-order valence-corrected chi connectivity index (χ1v) is 15.2. The second-order valence-corrected chi connectivity index (χ2v) is 14.0. The van der Waals surface area contributed by atoms with Crippen LogP contribution in [0.1, 0.15) is 58.2 Å². The predicted octanol–water partition coefficient (Wildman–Crippen LogP) is 8.67. The molecular formula is C39H39BN2. The molecule has 0 aromatic heterocycles. The molecule has 0 fully saturated rings.